The summed E-state index contributed by atoms with van der Waals surface area (Å²) in [6.45, 7) is 5.78. The molecule has 0 radical (unpaired) electrons. The van der Waals surface area contributed by atoms with E-state index in [9.17, 15) is 8.42 Å². The largest absolute Gasteiger partial charge is 0.244 e. The zero-order valence-electron chi connectivity index (χ0n) is 11.8. The van der Waals surface area contributed by atoms with Crippen LogP contribution < -0.4 is 0 Å². The van der Waals surface area contributed by atoms with Gasteiger partial charge in [-0.1, -0.05) is 37.0 Å². The molecule has 3 nitrogen and oxygen atoms in total. The molecule has 0 fully saturated rings. The van der Waals surface area contributed by atoms with Gasteiger partial charge in [0.2, 0.25) is 10.0 Å². The van der Waals surface area contributed by atoms with Crippen LogP contribution in [0.15, 0.2) is 17.0 Å². The van der Waals surface area contributed by atoms with E-state index in [4.69, 9.17) is 34.8 Å². The van der Waals surface area contributed by atoms with Gasteiger partial charge in [0.05, 0.1) is 10.9 Å². The highest BCUT2D eigenvalue weighted by Crippen LogP contribution is 2.34. The summed E-state index contributed by atoms with van der Waals surface area (Å²) in [4.78, 5) is 0.0363. The Morgan fingerprint density at radius 3 is 2.20 bits per heavy atom. The van der Waals surface area contributed by atoms with E-state index in [1.807, 2.05) is 20.8 Å². The highest BCUT2D eigenvalue weighted by Gasteiger charge is 2.30. The molecule has 0 aromatic heterocycles. The summed E-state index contributed by atoms with van der Waals surface area (Å²) in [5, 5.41) is 0.457. The Kier molecular flexibility index (Phi) is 6.17. The van der Waals surface area contributed by atoms with Gasteiger partial charge in [-0.15, -0.1) is 11.6 Å². The average molecular weight is 359 g/mol. The van der Waals surface area contributed by atoms with Gasteiger partial charge in [0.25, 0.3) is 0 Å². The molecule has 0 saturated carbocycles. The monoisotopic (exact) mass is 357 g/mol. The summed E-state index contributed by atoms with van der Waals surface area (Å²) >= 11 is 17.9. The maximum atomic E-state index is 12.6. The van der Waals surface area contributed by atoms with Crippen LogP contribution in [-0.2, 0) is 15.9 Å². The van der Waals surface area contributed by atoms with Crippen LogP contribution in [0.25, 0.3) is 0 Å². The second kappa shape index (κ2) is 6.84. The molecule has 0 heterocycles. The molecule has 0 bridgehead atoms. The fraction of sp³-hybridized carbons (Fsp3) is 0.538. The van der Waals surface area contributed by atoms with E-state index in [1.165, 1.54) is 16.4 Å². The van der Waals surface area contributed by atoms with E-state index in [0.717, 1.165) is 0 Å². The Morgan fingerprint density at radius 2 is 1.75 bits per heavy atom. The fourth-order valence-corrected chi connectivity index (χ4v) is 4.48. The Labute approximate surface area is 135 Å². The standard InChI is InChI=1S/C13H18Cl3NO2S/c1-8(2)9(3)17(4)20(18,19)12-6-5-11(15)10(7-14)13(12)16/h5-6,8-9H,7H2,1-4H3. The number of rotatable bonds is 5. The number of benzene rings is 1. The predicted molar refractivity (Wildman–Crippen MR) is 85.3 cm³/mol. The maximum Gasteiger partial charge on any atom is 0.244 e. The van der Waals surface area contributed by atoms with Crippen molar-refractivity contribution in [2.24, 2.45) is 5.92 Å². The van der Waals surface area contributed by atoms with Crippen molar-refractivity contribution in [3.05, 3.63) is 27.7 Å². The molecular weight excluding hydrogens is 341 g/mol. The van der Waals surface area contributed by atoms with Crippen molar-refractivity contribution in [1.82, 2.24) is 4.31 Å². The smallest absolute Gasteiger partial charge is 0.207 e. The number of sulfonamides is 1. The lowest BCUT2D eigenvalue weighted by atomic mass is 10.1. The van der Waals surface area contributed by atoms with Gasteiger partial charge in [0.1, 0.15) is 4.90 Å². The van der Waals surface area contributed by atoms with Crippen LogP contribution in [0.4, 0.5) is 0 Å². The molecule has 0 aliphatic rings. The fourth-order valence-electron chi connectivity index (χ4n) is 1.69. The van der Waals surface area contributed by atoms with Gasteiger partial charge in [-0.05, 0) is 25.0 Å². The number of hydrogen-bond donors (Lipinski definition) is 0. The minimum atomic E-state index is -3.68. The minimum Gasteiger partial charge on any atom is -0.207 e. The molecule has 1 aromatic carbocycles. The van der Waals surface area contributed by atoms with E-state index >= 15 is 0 Å². The highest BCUT2D eigenvalue weighted by atomic mass is 35.5. The first-order valence-electron chi connectivity index (χ1n) is 6.15. The van der Waals surface area contributed by atoms with E-state index < -0.39 is 10.0 Å². The van der Waals surface area contributed by atoms with E-state index in [0.29, 0.717) is 10.6 Å². The van der Waals surface area contributed by atoms with Gasteiger partial charge in [0, 0.05) is 23.7 Å². The van der Waals surface area contributed by atoms with Gasteiger partial charge >= 0.3 is 0 Å². The Hall–Kier alpha value is -0.000000000000000167. The lowest BCUT2D eigenvalue weighted by Crippen LogP contribution is -2.38. The molecule has 0 spiro atoms. The molecule has 0 aliphatic carbocycles. The van der Waals surface area contributed by atoms with Crippen molar-refractivity contribution in [1.29, 1.82) is 0 Å². The first-order chi connectivity index (χ1) is 9.14. The first-order valence-corrected chi connectivity index (χ1v) is 8.88. The quantitative estimate of drug-likeness (QED) is 0.732. The molecule has 0 amide bonds. The van der Waals surface area contributed by atoms with Crippen molar-refractivity contribution >= 4 is 44.8 Å². The van der Waals surface area contributed by atoms with Gasteiger partial charge in [0.15, 0.2) is 0 Å². The summed E-state index contributed by atoms with van der Waals surface area (Å²) in [6, 6.07) is 2.78. The zero-order valence-corrected chi connectivity index (χ0v) is 14.9. The van der Waals surface area contributed by atoms with Gasteiger partial charge in [-0.3, -0.25) is 0 Å². The first kappa shape index (κ1) is 18.1. The molecule has 1 aromatic rings. The molecule has 0 saturated heterocycles. The average Bonchev–Trinajstić information content (AvgIpc) is 2.36. The third-order valence-corrected chi connectivity index (χ3v) is 6.63. The highest BCUT2D eigenvalue weighted by molar-refractivity contribution is 7.89. The Balaban J connectivity index is 3.37. The van der Waals surface area contributed by atoms with Gasteiger partial charge in [-0.2, -0.15) is 4.31 Å². The molecule has 7 heteroatoms. The van der Waals surface area contributed by atoms with Crippen LogP contribution in [0.2, 0.25) is 10.0 Å². The number of alkyl halides is 1. The lowest BCUT2D eigenvalue weighted by molar-refractivity contribution is 0.316. The van der Waals surface area contributed by atoms with Crippen LogP contribution in [0.1, 0.15) is 26.3 Å². The molecule has 1 unspecified atom stereocenters. The van der Waals surface area contributed by atoms with Crippen molar-refractivity contribution in [3.8, 4) is 0 Å². The third-order valence-electron chi connectivity index (χ3n) is 3.48. The van der Waals surface area contributed by atoms with Crippen molar-refractivity contribution in [2.45, 2.75) is 37.6 Å². The number of nitrogens with zero attached hydrogens (tertiary/aromatic N) is 1. The topological polar surface area (TPSA) is 37.4 Å². The van der Waals surface area contributed by atoms with Gasteiger partial charge < -0.3 is 0 Å². The van der Waals surface area contributed by atoms with Crippen LogP contribution >= 0.6 is 34.8 Å². The summed E-state index contributed by atoms with van der Waals surface area (Å²) in [6.07, 6.45) is 0. The van der Waals surface area contributed by atoms with Gasteiger partial charge in [-0.25, -0.2) is 8.42 Å². The van der Waals surface area contributed by atoms with E-state index in [2.05, 4.69) is 0 Å². The minimum absolute atomic E-state index is 0.0363. The van der Waals surface area contributed by atoms with Crippen LogP contribution in [-0.4, -0.2) is 25.8 Å². The SMILES string of the molecule is CC(C)C(C)N(C)S(=O)(=O)c1ccc(Cl)c(CCl)c1Cl. The molecule has 0 N–H and O–H groups in total. The Bertz CT molecular complexity index is 588. The van der Waals surface area contributed by atoms with E-state index in [-0.39, 0.29) is 27.8 Å². The van der Waals surface area contributed by atoms with Crippen LogP contribution in [0.5, 0.6) is 0 Å². The second-order valence-electron chi connectivity index (χ2n) is 4.98. The molecule has 114 valence electrons. The maximum absolute atomic E-state index is 12.6. The molecule has 20 heavy (non-hydrogen) atoms. The van der Waals surface area contributed by atoms with E-state index in [1.54, 1.807) is 7.05 Å². The van der Waals surface area contributed by atoms with Crippen molar-refractivity contribution in [2.75, 3.05) is 7.05 Å². The molecule has 0 aliphatic heterocycles. The molecular formula is C13H18Cl3NO2S. The molecule has 1 rings (SSSR count). The summed E-state index contributed by atoms with van der Waals surface area (Å²) in [5.41, 5.74) is 0.432. The Morgan fingerprint density at radius 1 is 1.20 bits per heavy atom. The molecule has 1 atom stereocenters. The predicted octanol–water partition coefficient (Wildman–Crippen LogP) is 4.40. The normalized spacial score (nSPS) is 14.1. The van der Waals surface area contributed by atoms with Crippen molar-refractivity contribution in [3.63, 3.8) is 0 Å². The number of hydrogen-bond acceptors (Lipinski definition) is 2. The lowest BCUT2D eigenvalue weighted by Gasteiger charge is -2.27. The third kappa shape index (κ3) is 3.42. The summed E-state index contributed by atoms with van der Waals surface area (Å²) in [7, 11) is -2.13. The summed E-state index contributed by atoms with van der Waals surface area (Å²) in [5.74, 6) is 0.248. The second-order valence-corrected chi connectivity index (χ2v) is 8.00. The zero-order chi connectivity index (χ0) is 15.7. The van der Waals surface area contributed by atoms with Crippen molar-refractivity contribution < 1.29 is 8.42 Å². The number of halogens is 3. The van der Waals surface area contributed by atoms with Crippen LogP contribution in [0.3, 0.4) is 0 Å². The van der Waals surface area contributed by atoms with Crippen LogP contribution in [0, 0.1) is 5.92 Å². The summed E-state index contributed by atoms with van der Waals surface area (Å²) < 4.78 is 26.6.